The molecule has 170 valence electrons. The van der Waals surface area contributed by atoms with E-state index in [0.717, 1.165) is 30.0 Å². The summed E-state index contributed by atoms with van der Waals surface area (Å²) in [5.74, 6) is -1.47. The minimum absolute atomic E-state index is 0.0573. The minimum Gasteiger partial charge on any atom is -0.370 e. The van der Waals surface area contributed by atoms with E-state index in [1.165, 1.54) is 4.90 Å². The molecule has 1 saturated heterocycles. The molecule has 0 bridgehead atoms. The third-order valence-corrected chi connectivity index (χ3v) is 5.36. The molecule has 1 amide bonds. The number of halogens is 4. The fourth-order valence-corrected chi connectivity index (χ4v) is 3.72. The minimum atomic E-state index is -4.90. The largest absolute Gasteiger partial charge is 0.435 e. The van der Waals surface area contributed by atoms with Crippen LogP contribution in [0, 0.1) is 17.1 Å². The van der Waals surface area contributed by atoms with Crippen molar-refractivity contribution in [2.24, 2.45) is 0 Å². The Bertz CT molecular complexity index is 1180. The van der Waals surface area contributed by atoms with E-state index in [9.17, 15) is 22.4 Å². The number of carbonyl (C=O) groups excluding carboxylic acids is 1. The molecule has 7 nitrogen and oxygen atoms in total. The number of carbonyl (C=O) groups is 1. The topological polar surface area (TPSA) is 78.1 Å². The van der Waals surface area contributed by atoms with E-state index < -0.39 is 29.3 Å². The molecule has 0 saturated carbocycles. The SMILES string of the molecule is N#Cc1ccc(N2CCCN(C(=O)c3nnn(-c4ccc(F)cc4)c3C(F)(F)F)CC2)cc1. The standard InChI is InChI=1S/C22H18F4N6O/c23-16-4-8-18(9-5-16)32-20(22(24,25)26)19(28-29-32)21(33)31-11-1-10-30(12-13-31)17-6-2-15(14-27)3-7-17/h2-9H,1,10-13H2. The van der Waals surface area contributed by atoms with E-state index in [1.807, 2.05) is 11.0 Å². The maximum atomic E-state index is 13.9. The van der Waals surface area contributed by atoms with Crippen LogP contribution in [0.25, 0.3) is 5.69 Å². The number of hydrogen-bond donors (Lipinski definition) is 0. The van der Waals surface area contributed by atoms with Gasteiger partial charge in [0.15, 0.2) is 11.4 Å². The third kappa shape index (κ3) is 4.64. The highest BCUT2D eigenvalue weighted by Gasteiger charge is 2.43. The summed E-state index contributed by atoms with van der Waals surface area (Å²) in [7, 11) is 0. The average molecular weight is 458 g/mol. The predicted octanol–water partition coefficient (Wildman–Crippen LogP) is 3.65. The normalized spacial score (nSPS) is 14.6. The van der Waals surface area contributed by atoms with Gasteiger partial charge in [0, 0.05) is 31.9 Å². The summed E-state index contributed by atoms with van der Waals surface area (Å²) < 4.78 is 55.4. The van der Waals surface area contributed by atoms with Gasteiger partial charge in [-0.1, -0.05) is 5.21 Å². The van der Waals surface area contributed by atoms with Crippen molar-refractivity contribution in [1.29, 1.82) is 5.26 Å². The summed E-state index contributed by atoms with van der Waals surface area (Å²) in [6, 6.07) is 13.3. The molecular formula is C22H18F4N6O. The highest BCUT2D eigenvalue weighted by molar-refractivity contribution is 5.93. The Labute approximate surface area is 186 Å². The van der Waals surface area contributed by atoms with Crippen LogP contribution in [0.2, 0.25) is 0 Å². The Morgan fingerprint density at radius 3 is 2.24 bits per heavy atom. The Morgan fingerprint density at radius 1 is 0.939 bits per heavy atom. The highest BCUT2D eigenvalue weighted by Crippen LogP contribution is 2.33. The molecule has 1 aromatic heterocycles. The number of alkyl halides is 3. The van der Waals surface area contributed by atoms with E-state index in [4.69, 9.17) is 5.26 Å². The molecular weight excluding hydrogens is 440 g/mol. The summed E-state index contributed by atoms with van der Waals surface area (Å²) in [5.41, 5.74) is -0.764. The van der Waals surface area contributed by atoms with E-state index in [-0.39, 0.29) is 18.8 Å². The Balaban J connectivity index is 1.57. The lowest BCUT2D eigenvalue weighted by Gasteiger charge is -2.23. The molecule has 0 atom stereocenters. The van der Waals surface area contributed by atoms with Crippen LogP contribution < -0.4 is 4.90 Å². The van der Waals surface area contributed by atoms with Gasteiger partial charge >= 0.3 is 6.18 Å². The highest BCUT2D eigenvalue weighted by atomic mass is 19.4. The number of amides is 1. The molecule has 0 unspecified atom stereocenters. The maximum absolute atomic E-state index is 13.9. The van der Waals surface area contributed by atoms with Crippen molar-refractivity contribution >= 4 is 11.6 Å². The van der Waals surface area contributed by atoms with Gasteiger partial charge in [0.1, 0.15) is 5.82 Å². The molecule has 0 spiro atoms. The molecule has 1 aliphatic rings. The number of hydrogen-bond acceptors (Lipinski definition) is 5. The summed E-state index contributed by atoms with van der Waals surface area (Å²) in [6.07, 6.45) is -4.36. The lowest BCUT2D eigenvalue weighted by atomic mass is 10.2. The molecule has 2 aromatic carbocycles. The molecule has 2 heterocycles. The molecule has 11 heteroatoms. The molecule has 1 fully saturated rings. The second-order valence-electron chi connectivity index (χ2n) is 7.46. The first-order valence-electron chi connectivity index (χ1n) is 10.1. The van der Waals surface area contributed by atoms with Gasteiger partial charge in [-0.05, 0) is 55.0 Å². The average Bonchev–Trinajstić information content (AvgIpc) is 3.11. The van der Waals surface area contributed by atoms with Crippen molar-refractivity contribution in [2.75, 3.05) is 31.1 Å². The van der Waals surface area contributed by atoms with Gasteiger partial charge < -0.3 is 9.80 Å². The summed E-state index contributed by atoms with van der Waals surface area (Å²) in [4.78, 5) is 16.4. The number of nitrogens with zero attached hydrogens (tertiary/aromatic N) is 6. The number of rotatable bonds is 3. The zero-order valence-electron chi connectivity index (χ0n) is 17.3. The molecule has 0 aliphatic carbocycles. The predicted molar refractivity (Wildman–Crippen MR) is 110 cm³/mol. The first-order valence-corrected chi connectivity index (χ1v) is 10.1. The van der Waals surface area contributed by atoms with Gasteiger partial charge in [-0.3, -0.25) is 4.79 Å². The fraction of sp³-hybridized carbons (Fsp3) is 0.273. The number of benzene rings is 2. The van der Waals surface area contributed by atoms with Gasteiger partial charge in [0.2, 0.25) is 0 Å². The van der Waals surface area contributed by atoms with Crippen molar-refractivity contribution in [2.45, 2.75) is 12.6 Å². The smallest absolute Gasteiger partial charge is 0.370 e. The first kappa shape index (κ1) is 22.3. The lowest BCUT2D eigenvalue weighted by Crippen LogP contribution is -2.36. The Hall–Kier alpha value is -3.94. The van der Waals surface area contributed by atoms with Gasteiger partial charge in [-0.15, -0.1) is 5.10 Å². The molecule has 33 heavy (non-hydrogen) atoms. The zero-order valence-corrected chi connectivity index (χ0v) is 17.3. The summed E-state index contributed by atoms with van der Waals surface area (Å²) in [6.45, 7) is 1.46. The summed E-state index contributed by atoms with van der Waals surface area (Å²) in [5, 5.41) is 16.0. The van der Waals surface area contributed by atoms with Crippen LogP contribution in [0.1, 0.15) is 28.2 Å². The number of nitriles is 1. The van der Waals surface area contributed by atoms with Crippen molar-refractivity contribution in [3.63, 3.8) is 0 Å². The number of anilines is 1. The van der Waals surface area contributed by atoms with Crippen LogP contribution in [0.4, 0.5) is 23.2 Å². The number of aromatic nitrogens is 3. The van der Waals surface area contributed by atoms with Crippen LogP contribution in [-0.4, -0.2) is 52.0 Å². The van der Waals surface area contributed by atoms with Crippen molar-refractivity contribution in [3.8, 4) is 11.8 Å². The van der Waals surface area contributed by atoms with Crippen molar-refractivity contribution in [3.05, 3.63) is 71.3 Å². The van der Waals surface area contributed by atoms with Crippen LogP contribution in [0.15, 0.2) is 48.5 Å². The van der Waals surface area contributed by atoms with Crippen molar-refractivity contribution < 1.29 is 22.4 Å². The maximum Gasteiger partial charge on any atom is 0.435 e. The van der Waals surface area contributed by atoms with Gasteiger partial charge in [-0.2, -0.15) is 18.4 Å². The lowest BCUT2D eigenvalue weighted by molar-refractivity contribution is -0.143. The van der Waals surface area contributed by atoms with Crippen LogP contribution in [0.5, 0.6) is 0 Å². The zero-order chi connectivity index (χ0) is 23.6. The Morgan fingerprint density at radius 2 is 1.61 bits per heavy atom. The third-order valence-electron chi connectivity index (χ3n) is 5.36. The molecule has 0 N–H and O–H groups in total. The van der Waals surface area contributed by atoms with Crippen LogP contribution in [0.3, 0.4) is 0 Å². The van der Waals surface area contributed by atoms with E-state index in [1.54, 1.807) is 24.3 Å². The van der Waals surface area contributed by atoms with Gasteiger partial charge in [-0.25, -0.2) is 9.07 Å². The van der Waals surface area contributed by atoms with Gasteiger partial charge in [0.25, 0.3) is 5.91 Å². The molecule has 3 aromatic rings. The van der Waals surface area contributed by atoms with E-state index >= 15 is 0 Å². The Kier molecular flexibility index (Phi) is 6.00. The molecule has 4 rings (SSSR count). The first-order chi connectivity index (χ1) is 15.8. The molecule has 1 aliphatic heterocycles. The molecule has 0 radical (unpaired) electrons. The summed E-state index contributed by atoms with van der Waals surface area (Å²) >= 11 is 0. The van der Waals surface area contributed by atoms with Crippen LogP contribution in [-0.2, 0) is 6.18 Å². The van der Waals surface area contributed by atoms with Gasteiger partial charge in [0.05, 0.1) is 17.3 Å². The monoisotopic (exact) mass is 458 g/mol. The van der Waals surface area contributed by atoms with Crippen molar-refractivity contribution in [1.82, 2.24) is 19.9 Å². The van der Waals surface area contributed by atoms with E-state index in [0.29, 0.717) is 29.8 Å². The quantitative estimate of drug-likeness (QED) is 0.560. The second kappa shape index (κ2) is 8.90. The van der Waals surface area contributed by atoms with Crippen LogP contribution >= 0.6 is 0 Å². The fourth-order valence-electron chi connectivity index (χ4n) is 3.72. The second-order valence-corrected chi connectivity index (χ2v) is 7.46. The van der Waals surface area contributed by atoms with E-state index in [2.05, 4.69) is 10.3 Å².